The molecule has 0 radical (unpaired) electrons. The van der Waals surface area contributed by atoms with Crippen LogP contribution in [0.25, 0.3) is 0 Å². The van der Waals surface area contributed by atoms with Gasteiger partial charge in [-0.25, -0.2) is 0 Å². The van der Waals surface area contributed by atoms with Crippen LogP contribution >= 0.6 is 0 Å². The molecule has 0 fully saturated rings. The summed E-state index contributed by atoms with van der Waals surface area (Å²) in [5.74, 6) is 0. The van der Waals surface area contributed by atoms with E-state index in [9.17, 15) is 0 Å². The SMILES string of the molecule is COCc1cccc(CNC#N)c1. The van der Waals surface area contributed by atoms with Gasteiger partial charge in [-0.2, -0.15) is 5.26 Å². The van der Waals surface area contributed by atoms with Gasteiger partial charge in [-0.15, -0.1) is 0 Å². The van der Waals surface area contributed by atoms with E-state index in [-0.39, 0.29) is 0 Å². The van der Waals surface area contributed by atoms with Crippen molar-refractivity contribution in [2.75, 3.05) is 7.11 Å². The molecular weight excluding hydrogens is 164 g/mol. The first kappa shape index (κ1) is 9.56. The van der Waals surface area contributed by atoms with Crippen LogP contribution in [-0.4, -0.2) is 7.11 Å². The molecule has 0 atom stereocenters. The van der Waals surface area contributed by atoms with Crippen molar-refractivity contribution in [1.82, 2.24) is 5.32 Å². The molecule has 1 rings (SSSR count). The third-order valence-electron chi connectivity index (χ3n) is 1.67. The monoisotopic (exact) mass is 176 g/mol. The fourth-order valence-electron chi connectivity index (χ4n) is 1.14. The summed E-state index contributed by atoms with van der Waals surface area (Å²) in [6, 6.07) is 7.96. The Bertz CT molecular complexity index is 304. The Kier molecular flexibility index (Phi) is 3.80. The van der Waals surface area contributed by atoms with Crippen molar-refractivity contribution in [3.63, 3.8) is 0 Å². The third-order valence-corrected chi connectivity index (χ3v) is 1.67. The molecule has 1 aromatic rings. The molecule has 3 nitrogen and oxygen atoms in total. The van der Waals surface area contributed by atoms with Gasteiger partial charge < -0.3 is 10.1 Å². The van der Waals surface area contributed by atoms with E-state index < -0.39 is 0 Å². The normalized spacial score (nSPS) is 9.23. The first-order valence-corrected chi connectivity index (χ1v) is 4.05. The molecule has 0 aliphatic heterocycles. The van der Waals surface area contributed by atoms with Gasteiger partial charge in [0, 0.05) is 13.7 Å². The number of methoxy groups -OCH3 is 1. The standard InChI is InChI=1S/C10H12N2O/c1-13-7-10-4-2-3-9(5-10)6-12-8-11/h2-5,12H,6-7H2,1H3. The molecule has 0 unspecified atom stereocenters. The molecule has 0 saturated carbocycles. The molecule has 0 heterocycles. The highest BCUT2D eigenvalue weighted by molar-refractivity contribution is 5.23. The highest BCUT2D eigenvalue weighted by atomic mass is 16.5. The summed E-state index contributed by atoms with van der Waals surface area (Å²) >= 11 is 0. The number of nitrogens with one attached hydrogen (secondary N) is 1. The molecule has 0 bridgehead atoms. The summed E-state index contributed by atoms with van der Waals surface area (Å²) in [6.07, 6.45) is 1.89. The van der Waals surface area contributed by atoms with E-state index in [1.54, 1.807) is 7.11 Å². The average Bonchev–Trinajstić information content (AvgIpc) is 2.16. The second-order valence-electron chi connectivity index (χ2n) is 2.72. The van der Waals surface area contributed by atoms with Crippen molar-refractivity contribution < 1.29 is 4.74 Å². The fraction of sp³-hybridized carbons (Fsp3) is 0.300. The van der Waals surface area contributed by atoms with Gasteiger partial charge in [-0.05, 0) is 11.1 Å². The minimum Gasteiger partial charge on any atom is -0.380 e. The second kappa shape index (κ2) is 5.18. The second-order valence-corrected chi connectivity index (χ2v) is 2.72. The molecule has 13 heavy (non-hydrogen) atoms. The van der Waals surface area contributed by atoms with Gasteiger partial charge >= 0.3 is 0 Å². The van der Waals surface area contributed by atoms with Gasteiger partial charge in [0.2, 0.25) is 0 Å². The topological polar surface area (TPSA) is 45.0 Å². The lowest BCUT2D eigenvalue weighted by Crippen LogP contribution is -2.04. The molecule has 0 saturated heterocycles. The number of nitrogens with zero attached hydrogens (tertiary/aromatic N) is 1. The highest BCUT2D eigenvalue weighted by Crippen LogP contribution is 2.05. The highest BCUT2D eigenvalue weighted by Gasteiger charge is 1.94. The quantitative estimate of drug-likeness (QED) is 0.557. The average molecular weight is 176 g/mol. The van der Waals surface area contributed by atoms with Crippen LogP contribution in [0.3, 0.4) is 0 Å². The number of hydrogen-bond donors (Lipinski definition) is 1. The van der Waals surface area contributed by atoms with Crippen molar-refractivity contribution in [2.24, 2.45) is 0 Å². The first-order valence-electron chi connectivity index (χ1n) is 4.05. The molecule has 0 amide bonds. The van der Waals surface area contributed by atoms with Gasteiger partial charge in [-0.3, -0.25) is 0 Å². The lowest BCUT2D eigenvalue weighted by atomic mass is 10.1. The van der Waals surface area contributed by atoms with Crippen LogP contribution in [0.2, 0.25) is 0 Å². The van der Waals surface area contributed by atoms with Gasteiger partial charge in [0.15, 0.2) is 6.19 Å². The zero-order valence-corrected chi connectivity index (χ0v) is 7.58. The Hall–Kier alpha value is -1.53. The number of ether oxygens (including phenoxy) is 1. The van der Waals surface area contributed by atoms with Crippen molar-refractivity contribution in [3.05, 3.63) is 35.4 Å². The molecule has 0 aliphatic rings. The zero-order valence-electron chi connectivity index (χ0n) is 7.58. The summed E-state index contributed by atoms with van der Waals surface area (Å²) in [7, 11) is 1.67. The van der Waals surface area contributed by atoms with Crippen LogP contribution in [0.15, 0.2) is 24.3 Å². The van der Waals surface area contributed by atoms with E-state index in [4.69, 9.17) is 10.00 Å². The Morgan fingerprint density at radius 1 is 1.46 bits per heavy atom. The van der Waals surface area contributed by atoms with Crippen LogP contribution < -0.4 is 5.32 Å². The van der Waals surface area contributed by atoms with E-state index in [2.05, 4.69) is 5.32 Å². The Balaban J connectivity index is 2.63. The van der Waals surface area contributed by atoms with Crippen LogP contribution in [0, 0.1) is 11.5 Å². The zero-order chi connectivity index (χ0) is 9.52. The minimum absolute atomic E-state index is 0.577. The van der Waals surface area contributed by atoms with E-state index in [0.717, 1.165) is 11.1 Å². The molecular formula is C10H12N2O. The van der Waals surface area contributed by atoms with Gasteiger partial charge in [0.05, 0.1) is 6.61 Å². The maximum absolute atomic E-state index is 8.31. The van der Waals surface area contributed by atoms with Crippen molar-refractivity contribution in [3.8, 4) is 6.19 Å². The Morgan fingerprint density at radius 3 is 2.92 bits per heavy atom. The number of benzene rings is 1. The smallest absolute Gasteiger partial charge is 0.176 e. The molecule has 1 N–H and O–H groups in total. The number of hydrogen-bond acceptors (Lipinski definition) is 3. The third kappa shape index (κ3) is 3.14. The first-order chi connectivity index (χ1) is 6.36. The summed E-state index contributed by atoms with van der Waals surface area (Å²) in [4.78, 5) is 0. The van der Waals surface area contributed by atoms with Crippen LogP contribution in [-0.2, 0) is 17.9 Å². The van der Waals surface area contributed by atoms with Gasteiger partial charge in [0.25, 0.3) is 0 Å². The summed E-state index contributed by atoms with van der Waals surface area (Å²) in [6.45, 7) is 1.19. The predicted octanol–water partition coefficient (Wildman–Crippen LogP) is 1.40. The van der Waals surface area contributed by atoms with Gasteiger partial charge in [0.1, 0.15) is 0 Å². The van der Waals surface area contributed by atoms with E-state index >= 15 is 0 Å². The Labute approximate surface area is 77.9 Å². The summed E-state index contributed by atoms with van der Waals surface area (Å²) in [5, 5.41) is 10.9. The minimum atomic E-state index is 0.577. The number of rotatable bonds is 4. The largest absolute Gasteiger partial charge is 0.380 e. The van der Waals surface area contributed by atoms with E-state index in [0.29, 0.717) is 13.2 Å². The lowest BCUT2D eigenvalue weighted by Gasteiger charge is -2.02. The molecule has 68 valence electrons. The van der Waals surface area contributed by atoms with Crippen molar-refractivity contribution in [1.29, 1.82) is 5.26 Å². The van der Waals surface area contributed by atoms with Crippen molar-refractivity contribution >= 4 is 0 Å². The van der Waals surface area contributed by atoms with Crippen LogP contribution in [0.1, 0.15) is 11.1 Å². The molecule has 3 heteroatoms. The molecule has 1 aromatic carbocycles. The molecule has 0 aromatic heterocycles. The van der Waals surface area contributed by atoms with E-state index in [1.165, 1.54) is 0 Å². The summed E-state index contributed by atoms with van der Waals surface area (Å²) in [5.41, 5.74) is 2.22. The van der Waals surface area contributed by atoms with Gasteiger partial charge in [-0.1, -0.05) is 24.3 Å². The van der Waals surface area contributed by atoms with Crippen molar-refractivity contribution in [2.45, 2.75) is 13.2 Å². The maximum atomic E-state index is 8.31. The van der Waals surface area contributed by atoms with E-state index in [1.807, 2.05) is 30.5 Å². The lowest BCUT2D eigenvalue weighted by molar-refractivity contribution is 0.185. The molecule has 0 spiro atoms. The summed E-state index contributed by atoms with van der Waals surface area (Å²) < 4.78 is 5.00. The predicted molar refractivity (Wildman–Crippen MR) is 49.6 cm³/mol. The molecule has 0 aliphatic carbocycles. The van der Waals surface area contributed by atoms with Crippen LogP contribution in [0.5, 0.6) is 0 Å². The fourth-order valence-corrected chi connectivity index (χ4v) is 1.14. The Morgan fingerprint density at radius 2 is 2.23 bits per heavy atom. The maximum Gasteiger partial charge on any atom is 0.176 e. The van der Waals surface area contributed by atoms with Crippen LogP contribution in [0.4, 0.5) is 0 Å². The number of nitriles is 1.